The highest BCUT2D eigenvalue weighted by molar-refractivity contribution is 7.92. The summed E-state index contributed by atoms with van der Waals surface area (Å²) in [5.74, 6) is -3.98. The van der Waals surface area contributed by atoms with Crippen LogP contribution in [0.4, 0.5) is 13.2 Å². The zero-order valence-electron chi connectivity index (χ0n) is 11.3. The first kappa shape index (κ1) is 15.5. The zero-order chi connectivity index (χ0) is 16.3. The summed E-state index contributed by atoms with van der Waals surface area (Å²) in [6.07, 6.45) is -2.02. The number of hydrogen-bond donors (Lipinski definition) is 1. The molecule has 1 aromatic heterocycles. The minimum absolute atomic E-state index is 0.0773. The Morgan fingerprint density at radius 2 is 2.05 bits per heavy atom. The van der Waals surface area contributed by atoms with E-state index in [1.807, 2.05) is 0 Å². The van der Waals surface area contributed by atoms with E-state index in [9.17, 15) is 26.7 Å². The molecular weight excluding hydrogens is 337 g/mol. The number of aliphatic hydroxyl groups excluding tert-OH is 1. The number of hydrogen-bond acceptors (Lipinski definition) is 4. The van der Waals surface area contributed by atoms with Crippen molar-refractivity contribution >= 4 is 21.2 Å². The van der Waals surface area contributed by atoms with Gasteiger partial charge in [0.15, 0.2) is 9.84 Å². The lowest BCUT2D eigenvalue weighted by Crippen LogP contribution is -2.22. The van der Waals surface area contributed by atoms with Gasteiger partial charge >= 0.3 is 0 Å². The molecule has 1 heterocycles. The first-order chi connectivity index (χ1) is 10.1. The Kier molecular flexibility index (Phi) is 3.39. The van der Waals surface area contributed by atoms with Gasteiger partial charge in [0.2, 0.25) is 0 Å². The summed E-state index contributed by atoms with van der Waals surface area (Å²) in [6, 6.07) is 5.30. The molecule has 0 unspecified atom stereocenters. The van der Waals surface area contributed by atoms with Crippen LogP contribution in [-0.4, -0.2) is 25.7 Å². The monoisotopic (exact) mass is 348 g/mol. The van der Waals surface area contributed by atoms with Crippen LogP contribution < -0.4 is 0 Å². The maximum absolute atomic E-state index is 13.8. The van der Waals surface area contributed by atoms with Crippen LogP contribution in [0.2, 0.25) is 0 Å². The molecule has 1 aromatic carbocycles. The summed E-state index contributed by atoms with van der Waals surface area (Å²) in [5, 5.41) is 9.79. The van der Waals surface area contributed by atoms with Gasteiger partial charge in [-0.15, -0.1) is 11.3 Å². The van der Waals surface area contributed by atoms with Gasteiger partial charge in [-0.2, -0.15) is 0 Å². The molecule has 1 atom stereocenters. The number of thiophene rings is 1. The van der Waals surface area contributed by atoms with E-state index >= 15 is 0 Å². The lowest BCUT2D eigenvalue weighted by molar-refractivity contribution is -0.0975. The quantitative estimate of drug-likeness (QED) is 0.907. The van der Waals surface area contributed by atoms with E-state index in [1.54, 1.807) is 0 Å². The first-order valence-corrected chi connectivity index (χ1v) is 8.99. The molecule has 3 nitrogen and oxygen atoms in total. The largest absolute Gasteiger partial charge is 0.382 e. The molecule has 0 saturated heterocycles. The smallest absolute Gasteiger partial charge is 0.281 e. The van der Waals surface area contributed by atoms with Crippen molar-refractivity contribution in [1.82, 2.24) is 0 Å². The average Bonchev–Trinajstić information content (AvgIpc) is 2.85. The average molecular weight is 348 g/mol. The van der Waals surface area contributed by atoms with Crippen LogP contribution in [0.3, 0.4) is 0 Å². The highest BCUT2D eigenvalue weighted by Crippen LogP contribution is 2.53. The van der Waals surface area contributed by atoms with Crippen LogP contribution in [0.15, 0.2) is 28.5 Å². The number of sulfone groups is 1. The molecule has 0 spiro atoms. The standard InChI is InChI=1S/C14H11F3O3S2/c1-22(19,20)13-10-9(6-14(16,17)12(10)18)11(21-13)7-3-2-4-8(15)5-7/h2-5,12,18H,6H2,1H3/t12-/m0/s1. The lowest BCUT2D eigenvalue weighted by Gasteiger charge is -2.14. The van der Waals surface area contributed by atoms with Gasteiger partial charge in [0.1, 0.15) is 16.1 Å². The van der Waals surface area contributed by atoms with Gasteiger partial charge in [-0.3, -0.25) is 0 Å². The first-order valence-electron chi connectivity index (χ1n) is 6.28. The van der Waals surface area contributed by atoms with Gasteiger partial charge < -0.3 is 5.11 Å². The third-order valence-electron chi connectivity index (χ3n) is 3.52. The summed E-state index contributed by atoms with van der Waals surface area (Å²) in [6.45, 7) is 0. The third-order valence-corrected chi connectivity index (χ3v) is 6.67. The van der Waals surface area contributed by atoms with Crippen molar-refractivity contribution in [3.8, 4) is 10.4 Å². The number of halogens is 3. The predicted octanol–water partition coefficient (Wildman–Crippen LogP) is 3.18. The minimum atomic E-state index is -3.78. The van der Waals surface area contributed by atoms with Crippen LogP contribution in [0.25, 0.3) is 10.4 Å². The van der Waals surface area contributed by atoms with Gasteiger partial charge in [-0.1, -0.05) is 12.1 Å². The Labute approximate surface area is 128 Å². The van der Waals surface area contributed by atoms with E-state index in [0.717, 1.165) is 23.7 Å². The molecule has 1 N–H and O–H groups in total. The Morgan fingerprint density at radius 1 is 1.36 bits per heavy atom. The van der Waals surface area contributed by atoms with Gasteiger partial charge in [-0.05, 0) is 23.3 Å². The van der Waals surface area contributed by atoms with Crippen LogP contribution in [0, 0.1) is 5.82 Å². The number of aliphatic hydroxyl groups is 1. The minimum Gasteiger partial charge on any atom is -0.382 e. The second-order valence-corrected chi connectivity index (χ2v) is 8.47. The van der Waals surface area contributed by atoms with E-state index in [-0.39, 0.29) is 20.2 Å². The fourth-order valence-corrected chi connectivity index (χ4v) is 5.16. The van der Waals surface area contributed by atoms with Crippen molar-refractivity contribution in [3.05, 3.63) is 41.2 Å². The maximum atomic E-state index is 13.8. The second kappa shape index (κ2) is 4.81. The molecule has 1 aliphatic carbocycles. The Hall–Kier alpha value is -1.38. The van der Waals surface area contributed by atoms with Crippen molar-refractivity contribution in [3.63, 3.8) is 0 Å². The molecular formula is C14H11F3O3S2. The molecule has 0 fully saturated rings. The van der Waals surface area contributed by atoms with E-state index in [1.165, 1.54) is 18.2 Å². The molecule has 0 aliphatic heterocycles. The van der Waals surface area contributed by atoms with Crippen molar-refractivity contribution in [2.45, 2.75) is 22.7 Å². The summed E-state index contributed by atoms with van der Waals surface area (Å²) in [7, 11) is -3.78. The summed E-state index contributed by atoms with van der Waals surface area (Å²) in [5.41, 5.74) is 0.145. The summed E-state index contributed by atoms with van der Waals surface area (Å²) >= 11 is 0.787. The van der Waals surface area contributed by atoms with Crippen molar-refractivity contribution in [1.29, 1.82) is 0 Å². The third kappa shape index (κ3) is 2.35. The molecule has 0 radical (unpaired) electrons. The van der Waals surface area contributed by atoms with Crippen LogP contribution >= 0.6 is 11.3 Å². The van der Waals surface area contributed by atoms with E-state index in [4.69, 9.17) is 0 Å². The molecule has 118 valence electrons. The van der Waals surface area contributed by atoms with E-state index < -0.39 is 34.1 Å². The number of alkyl halides is 2. The molecule has 8 heteroatoms. The Morgan fingerprint density at radius 3 is 2.64 bits per heavy atom. The predicted molar refractivity (Wildman–Crippen MR) is 76.4 cm³/mol. The van der Waals surface area contributed by atoms with Gasteiger partial charge in [0.25, 0.3) is 5.92 Å². The number of fused-ring (bicyclic) bond motifs is 1. The van der Waals surface area contributed by atoms with Gasteiger partial charge in [0.05, 0.1) is 0 Å². The van der Waals surface area contributed by atoms with Gasteiger partial charge in [0, 0.05) is 23.1 Å². The molecule has 0 amide bonds. The Bertz CT molecular complexity index is 856. The van der Waals surface area contributed by atoms with Crippen molar-refractivity contribution < 1.29 is 26.7 Å². The van der Waals surface area contributed by atoms with Crippen LogP contribution in [-0.2, 0) is 16.3 Å². The zero-order valence-corrected chi connectivity index (χ0v) is 12.9. The number of rotatable bonds is 2. The molecule has 3 rings (SSSR count). The van der Waals surface area contributed by atoms with E-state index in [2.05, 4.69) is 0 Å². The van der Waals surface area contributed by atoms with Crippen LogP contribution in [0.1, 0.15) is 17.2 Å². The normalized spacial score (nSPS) is 20.1. The molecule has 2 aromatic rings. The lowest BCUT2D eigenvalue weighted by atomic mass is 10.1. The SMILES string of the molecule is CS(=O)(=O)c1sc(-c2cccc(F)c2)c2c1[C@H](O)C(F)(F)C2. The van der Waals surface area contributed by atoms with Crippen LogP contribution in [0.5, 0.6) is 0 Å². The van der Waals surface area contributed by atoms with Crippen molar-refractivity contribution in [2.75, 3.05) is 6.26 Å². The molecule has 0 bridgehead atoms. The fraction of sp³-hybridized carbons (Fsp3) is 0.286. The highest BCUT2D eigenvalue weighted by atomic mass is 32.2. The molecule has 0 saturated carbocycles. The summed E-state index contributed by atoms with van der Waals surface area (Å²) in [4.78, 5) is 0.256. The van der Waals surface area contributed by atoms with Crippen molar-refractivity contribution in [2.24, 2.45) is 0 Å². The maximum Gasteiger partial charge on any atom is 0.281 e. The fourth-order valence-electron chi connectivity index (χ4n) is 2.59. The molecule has 22 heavy (non-hydrogen) atoms. The topological polar surface area (TPSA) is 54.4 Å². The molecule has 1 aliphatic rings. The van der Waals surface area contributed by atoms with Gasteiger partial charge in [-0.25, -0.2) is 21.6 Å². The second-order valence-electron chi connectivity index (χ2n) is 5.23. The summed E-state index contributed by atoms with van der Waals surface area (Å²) < 4.78 is 64.3. The number of benzene rings is 1. The highest BCUT2D eigenvalue weighted by Gasteiger charge is 2.51. The van der Waals surface area contributed by atoms with E-state index in [0.29, 0.717) is 5.56 Å². The Balaban J connectivity index is 2.30.